The molecule has 6 heteroatoms. The quantitative estimate of drug-likeness (QED) is 0.824. The molecule has 1 heterocycles. The number of carbonyl (C=O) groups excluding carboxylic acids is 1. The fourth-order valence-electron chi connectivity index (χ4n) is 3.13. The summed E-state index contributed by atoms with van der Waals surface area (Å²) in [6.45, 7) is 3.22. The van der Waals surface area contributed by atoms with Gasteiger partial charge in [-0.2, -0.15) is 0 Å². The molecule has 2 aromatic carbocycles. The first-order chi connectivity index (χ1) is 12.6. The van der Waals surface area contributed by atoms with Crippen LogP contribution in [0.1, 0.15) is 15.9 Å². The highest BCUT2D eigenvalue weighted by atomic mass is 19.1. The first-order valence-corrected chi connectivity index (χ1v) is 8.59. The summed E-state index contributed by atoms with van der Waals surface area (Å²) in [5.41, 5.74) is 1.26. The summed E-state index contributed by atoms with van der Waals surface area (Å²) in [6, 6.07) is 12.0. The second-order valence-corrected chi connectivity index (χ2v) is 6.23. The molecular formula is C20H23FN2O3. The third-order valence-electron chi connectivity index (χ3n) is 4.64. The van der Waals surface area contributed by atoms with Crippen LogP contribution in [0.5, 0.6) is 11.5 Å². The molecule has 2 aromatic rings. The first-order valence-electron chi connectivity index (χ1n) is 8.59. The monoisotopic (exact) mass is 358 g/mol. The molecule has 0 unspecified atom stereocenters. The van der Waals surface area contributed by atoms with Crippen molar-refractivity contribution >= 4 is 5.91 Å². The molecule has 0 N–H and O–H groups in total. The molecule has 1 amide bonds. The molecule has 1 aliphatic heterocycles. The largest absolute Gasteiger partial charge is 0.493 e. The van der Waals surface area contributed by atoms with Gasteiger partial charge in [-0.1, -0.05) is 18.2 Å². The maximum Gasteiger partial charge on any atom is 0.254 e. The summed E-state index contributed by atoms with van der Waals surface area (Å²) in [4.78, 5) is 16.7. The Labute approximate surface area is 152 Å². The summed E-state index contributed by atoms with van der Waals surface area (Å²) < 4.78 is 24.3. The zero-order valence-corrected chi connectivity index (χ0v) is 15.1. The predicted molar refractivity (Wildman–Crippen MR) is 97.1 cm³/mol. The molecule has 5 nitrogen and oxygen atoms in total. The van der Waals surface area contributed by atoms with Crippen LogP contribution < -0.4 is 9.47 Å². The van der Waals surface area contributed by atoms with E-state index < -0.39 is 0 Å². The minimum atomic E-state index is -0.184. The Morgan fingerprint density at radius 3 is 2.35 bits per heavy atom. The van der Waals surface area contributed by atoms with Crippen molar-refractivity contribution in [1.82, 2.24) is 9.80 Å². The van der Waals surface area contributed by atoms with Gasteiger partial charge in [0.1, 0.15) is 5.82 Å². The minimum absolute atomic E-state index is 0.0310. The van der Waals surface area contributed by atoms with Gasteiger partial charge < -0.3 is 14.4 Å². The van der Waals surface area contributed by atoms with E-state index in [9.17, 15) is 9.18 Å². The van der Waals surface area contributed by atoms with Gasteiger partial charge in [-0.05, 0) is 24.3 Å². The van der Waals surface area contributed by atoms with Crippen LogP contribution in [0.25, 0.3) is 0 Å². The molecule has 0 radical (unpaired) electrons. The van der Waals surface area contributed by atoms with Crippen molar-refractivity contribution in [1.29, 1.82) is 0 Å². The molecule has 1 aliphatic rings. The summed E-state index contributed by atoms with van der Waals surface area (Å²) >= 11 is 0. The summed E-state index contributed by atoms with van der Waals surface area (Å²) in [5, 5.41) is 0. The standard InChI is InChI=1S/C20H23FN2O3/c1-25-18-8-7-15(13-19(18)26-2)20(24)23-11-9-22(10-12-23)14-16-5-3-4-6-17(16)21/h3-8,13H,9-12,14H2,1-2H3. The van der Waals surface area contributed by atoms with E-state index in [1.807, 2.05) is 11.0 Å². The molecule has 3 rings (SSSR count). The highest BCUT2D eigenvalue weighted by Gasteiger charge is 2.23. The van der Waals surface area contributed by atoms with Crippen molar-refractivity contribution in [3.05, 3.63) is 59.4 Å². The Morgan fingerprint density at radius 2 is 1.69 bits per heavy atom. The number of carbonyl (C=O) groups is 1. The molecule has 0 aromatic heterocycles. The van der Waals surface area contributed by atoms with Crippen molar-refractivity contribution in [3.63, 3.8) is 0 Å². The van der Waals surface area contributed by atoms with Crippen LogP contribution in [-0.2, 0) is 6.54 Å². The van der Waals surface area contributed by atoms with E-state index in [2.05, 4.69) is 4.90 Å². The molecule has 1 saturated heterocycles. The van der Waals surface area contributed by atoms with Crippen LogP contribution in [0.2, 0.25) is 0 Å². The Hall–Kier alpha value is -2.60. The van der Waals surface area contributed by atoms with Crippen LogP contribution >= 0.6 is 0 Å². The second-order valence-electron chi connectivity index (χ2n) is 6.23. The van der Waals surface area contributed by atoms with Crippen LogP contribution in [0.15, 0.2) is 42.5 Å². The summed E-state index contributed by atoms with van der Waals surface area (Å²) in [5.74, 6) is 0.920. The number of benzene rings is 2. The number of piperazine rings is 1. The summed E-state index contributed by atoms with van der Waals surface area (Å²) in [6.07, 6.45) is 0. The van der Waals surface area contributed by atoms with E-state index in [4.69, 9.17) is 9.47 Å². The van der Waals surface area contributed by atoms with Crippen molar-refractivity contribution in [2.24, 2.45) is 0 Å². The lowest BCUT2D eigenvalue weighted by Gasteiger charge is -2.35. The van der Waals surface area contributed by atoms with Gasteiger partial charge in [-0.3, -0.25) is 9.69 Å². The maximum atomic E-state index is 13.8. The van der Waals surface area contributed by atoms with E-state index in [1.54, 1.807) is 44.6 Å². The molecule has 0 bridgehead atoms. The number of ether oxygens (including phenoxy) is 2. The molecule has 1 fully saturated rings. The average Bonchev–Trinajstić information content (AvgIpc) is 2.69. The molecule has 0 aliphatic carbocycles. The lowest BCUT2D eigenvalue weighted by atomic mass is 10.1. The SMILES string of the molecule is COc1ccc(C(=O)N2CCN(Cc3ccccc3F)CC2)cc1OC. The van der Waals surface area contributed by atoms with Crippen LogP contribution in [0, 0.1) is 5.82 Å². The van der Waals surface area contributed by atoms with Gasteiger partial charge in [-0.25, -0.2) is 4.39 Å². The number of hydrogen-bond acceptors (Lipinski definition) is 4. The van der Waals surface area contributed by atoms with Gasteiger partial charge in [0.05, 0.1) is 14.2 Å². The van der Waals surface area contributed by atoms with Crippen molar-refractivity contribution < 1.29 is 18.7 Å². The third kappa shape index (κ3) is 3.96. The van der Waals surface area contributed by atoms with E-state index in [0.29, 0.717) is 55.3 Å². The zero-order valence-electron chi connectivity index (χ0n) is 15.1. The average molecular weight is 358 g/mol. The van der Waals surface area contributed by atoms with Gasteiger partial charge in [0.2, 0.25) is 0 Å². The van der Waals surface area contributed by atoms with Gasteiger partial charge in [0, 0.05) is 43.9 Å². The maximum absolute atomic E-state index is 13.8. The third-order valence-corrected chi connectivity index (χ3v) is 4.64. The number of methoxy groups -OCH3 is 2. The first kappa shape index (κ1) is 18.2. The second kappa shape index (κ2) is 8.19. The van der Waals surface area contributed by atoms with Crippen molar-refractivity contribution in [2.45, 2.75) is 6.54 Å². The lowest BCUT2D eigenvalue weighted by molar-refractivity contribution is 0.0626. The Kier molecular flexibility index (Phi) is 5.73. The smallest absolute Gasteiger partial charge is 0.254 e. The number of hydrogen-bond donors (Lipinski definition) is 0. The molecule has 0 saturated carbocycles. The number of amides is 1. The molecule has 0 atom stereocenters. The van der Waals surface area contributed by atoms with Gasteiger partial charge in [0.25, 0.3) is 5.91 Å². The number of rotatable bonds is 5. The topological polar surface area (TPSA) is 42.0 Å². The van der Waals surface area contributed by atoms with Gasteiger partial charge >= 0.3 is 0 Å². The van der Waals surface area contributed by atoms with Gasteiger partial charge in [-0.15, -0.1) is 0 Å². The fourth-order valence-corrected chi connectivity index (χ4v) is 3.13. The highest BCUT2D eigenvalue weighted by molar-refractivity contribution is 5.95. The summed E-state index contributed by atoms with van der Waals surface area (Å²) in [7, 11) is 3.11. The van der Waals surface area contributed by atoms with Crippen LogP contribution in [0.4, 0.5) is 4.39 Å². The molecule has 138 valence electrons. The predicted octanol–water partition coefficient (Wildman–Crippen LogP) is 2.80. The number of nitrogens with zero attached hydrogens (tertiary/aromatic N) is 2. The van der Waals surface area contributed by atoms with Crippen molar-refractivity contribution in [3.8, 4) is 11.5 Å². The molecule has 0 spiro atoms. The zero-order chi connectivity index (χ0) is 18.5. The number of halogens is 1. The van der Waals surface area contributed by atoms with Crippen LogP contribution in [0.3, 0.4) is 0 Å². The Bertz CT molecular complexity index is 773. The van der Waals surface area contributed by atoms with E-state index in [-0.39, 0.29) is 11.7 Å². The van der Waals surface area contributed by atoms with E-state index in [1.165, 1.54) is 6.07 Å². The lowest BCUT2D eigenvalue weighted by Crippen LogP contribution is -2.48. The Morgan fingerprint density at radius 1 is 1.00 bits per heavy atom. The minimum Gasteiger partial charge on any atom is -0.493 e. The van der Waals surface area contributed by atoms with E-state index >= 15 is 0 Å². The van der Waals surface area contributed by atoms with Crippen LogP contribution in [-0.4, -0.2) is 56.1 Å². The highest BCUT2D eigenvalue weighted by Crippen LogP contribution is 2.28. The van der Waals surface area contributed by atoms with Gasteiger partial charge in [0.15, 0.2) is 11.5 Å². The Balaban J connectivity index is 1.61. The normalized spacial score (nSPS) is 15.0. The fraction of sp³-hybridized carbons (Fsp3) is 0.350. The molecule has 26 heavy (non-hydrogen) atoms. The van der Waals surface area contributed by atoms with Crippen molar-refractivity contribution in [2.75, 3.05) is 40.4 Å². The van der Waals surface area contributed by atoms with E-state index in [0.717, 1.165) is 0 Å². The molecular weight excluding hydrogens is 335 g/mol.